The molecule has 0 aromatic rings. The Hall–Kier alpha value is 0.830. The summed E-state index contributed by atoms with van der Waals surface area (Å²) in [5.41, 5.74) is 0.110. The van der Waals surface area contributed by atoms with Gasteiger partial charge in [0.1, 0.15) is 0 Å². The summed E-state index contributed by atoms with van der Waals surface area (Å²) < 4.78 is 4.17. The summed E-state index contributed by atoms with van der Waals surface area (Å²) in [6, 6.07) is 0. The van der Waals surface area contributed by atoms with Crippen molar-refractivity contribution in [2.24, 2.45) is 3.34 Å². The molecule has 0 saturated heterocycles. The van der Waals surface area contributed by atoms with E-state index in [1.165, 1.54) is 64.2 Å². The normalized spacial score (nSPS) is 17.5. The molecule has 0 N–H and O–H groups in total. The first-order chi connectivity index (χ1) is 8.06. The molecule has 2 fully saturated rings. The SMILES string of the molecule is C1CCCC1.C1CCCC1.CC(C)(C)[N]=[Nb][Cl].[CH3-].[CH3-]. The zero-order valence-electron chi connectivity index (χ0n) is 13.8. The number of hydrogen-bond acceptors (Lipinski definition) is 1. The van der Waals surface area contributed by atoms with E-state index in [1.54, 1.807) is 0 Å². The van der Waals surface area contributed by atoms with E-state index in [9.17, 15) is 0 Å². The summed E-state index contributed by atoms with van der Waals surface area (Å²) >= 11 is -0.673. The first kappa shape index (κ1) is 24.8. The van der Waals surface area contributed by atoms with E-state index in [0.717, 1.165) is 0 Å². The third-order valence-corrected chi connectivity index (χ3v) is 4.95. The predicted molar refractivity (Wildman–Crippen MR) is 87.0 cm³/mol. The van der Waals surface area contributed by atoms with Crippen LogP contribution in [0, 0.1) is 14.9 Å². The summed E-state index contributed by atoms with van der Waals surface area (Å²) in [4.78, 5) is 0. The van der Waals surface area contributed by atoms with Crippen LogP contribution in [-0.4, -0.2) is 5.54 Å². The second-order valence-corrected chi connectivity index (χ2v) is 7.64. The molecule has 2 aliphatic carbocycles. The van der Waals surface area contributed by atoms with E-state index in [-0.39, 0.29) is 20.4 Å². The third-order valence-electron chi connectivity index (χ3n) is 2.84. The minimum absolute atomic E-state index is 0. The molecule has 0 unspecified atom stereocenters. The van der Waals surface area contributed by atoms with Gasteiger partial charge in [-0.1, -0.05) is 64.2 Å². The maximum Gasteiger partial charge on any atom is -0.358 e. The van der Waals surface area contributed by atoms with E-state index in [1.807, 2.05) is 0 Å². The third kappa shape index (κ3) is 24.3. The average Bonchev–Trinajstić information content (AvgIpc) is 2.96. The van der Waals surface area contributed by atoms with Crippen molar-refractivity contribution in [1.29, 1.82) is 0 Å². The van der Waals surface area contributed by atoms with Crippen LogP contribution in [0.4, 0.5) is 0 Å². The fraction of sp³-hybridized carbons (Fsp3) is 0.875. The van der Waals surface area contributed by atoms with E-state index < -0.39 is 18.5 Å². The average molecular weight is 370 g/mol. The largest absolute Gasteiger partial charge is 0.358 e. The maximum atomic E-state index is 5.47. The molecule has 3 heteroatoms. The smallest absolute Gasteiger partial charge is 0.358 e. The first-order valence-corrected chi connectivity index (χ1v) is 10.9. The molecule has 0 spiro atoms. The van der Waals surface area contributed by atoms with Gasteiger partial charge in [-0.2, -0.15) is 0 Å². The maximum absolute atomic E-state index is 5.47. The molecular weight excluding hydrogens is 335 g/mol. The summed E-state index contributed by atoms with van der Waals surface area (Å²) in [5, 5.41) is 0. The van der Waals surface area contributed by atoms with Crippen LogP contribution in [0.15, 0.2) is 3.34 Å². The Balaban J connectivity index is -0.000000194. The predicted octanol–water partition coefficient (Wildman–Crippen LogP) is 7.01. The Morgan fingerprint density at radius 1 is 0.684 bits per heavy atom. The Kier molecular flexibility index (Phi) is 22.1. The van der Waals surface area contributed by atoms with Crippen molar-refractivity contribution in [3.8, 4) is 0 Å². The van der Waals surface area contributed by atoms with Crippen molar-refractivity contribution >= 4 is 9.19 Å². The fourth-order valence-electron chi connectivity index (χ4n) is 1.88. The molecule has 0 aliphatic heterocycles. The number of nitrogens with zero attached hydrogens (tertiary/aromatic N) is 1. The molecule has 1 nitrogen and oxygen atoms in total. The van der Waals surface area contributed by atoms with Crippen LogP contribution in [0.3, 0.4) is 0 Å². The fourth-order valence-corrected chi connectivity index (χ4v) is 3.78. The second-order valence-electron chi connectivity index (χ2n) is 5.88. The van der Waals surface area contributed by atoms with Crippen LogP contribution in [0.25, 0.3) is 0 Å². The van der Waals surface area contributed by atoms with Crippen LogP contribution in [0.1, 0.15) is 85.0 Å². The summed E-state index contributed by atoms with van der Waals surface area (Å²) in [6.45, 7) is 6.18. The van der Waals surface area contributed by atoms with Gasteiger partial charge in [-0.05, 0) is 0 Å². The molecule has 118 valence electrons. The molecule has 0 atom stereocenters. The van der Waals surface area contributed by atoms with Crippen LogP contribution in [0.5, 0.6) is 0 Å². The van der Waals surface area contributed by atoms with Gasteiger partial charge in [-0.3, -0.25) is 0 Å². The molecule has 0 radical (unpaired) electrons. The minimum Gasteiger partial charge on any atom is -0.358 e. The zero-order chi connectivity index (χ0) is 13.0. The van der Waals surface area contributed by atoms with Crippen LogP contribution in [-0.2, 0) is 18.5 Å². The van der Waals surface area contributed by atoms with Crippen LogP contribution >= 0.6 is 9.19 Å². The van der Waals surface area contributed by atoms with Crippen LogP contribution in [0.2, 0.25) is 0 Å². The molecule has 0 amide bonds. The van der Waals surface area contributed by atoms with Crippen LogP contribution < -0.4 is 0 Å². The molecule has 0 bridgehead atoms. The Morgan fingerprint density at radius 3 is 0.947 bits per heavy atom. The van der Waals surface area contributed by atoms with Crippen molar-refractivity contribution < 1.29 is 18.5 Å². The van der Waals surface area contributed by atoms with Gasteiger partial charge in [0.2, 0.25) is 0 Å². The molecule has 19 heavy (non-hydrogen) atoms. The Morgan fingerprint density at radius 2 is 0.895 bits per heavy atom. The van der Waals surface area contributed by atoms with Gasteiger partial charge in [0, 0.05) is 0 Å². The summed E-state index contributed by atoms with van der Waals surface area (Å²) in [7, 11) is 5.47. The van der Waals surface area contributed by atoms with Gasteiger partial charge in [0.15, 0.2) is 0 Å². The van der Waals surface area contributed by atoms with Crippen molar-refractivity contribution in [3.63, 3.8) is 0 Å². The number of hydrogen-bond donors (Lipinski definition) is 0. The molecule has 0 aromatic heterocycles. The van der Waals surface area contributed by atoms with Gasteiger partial charge < -0.3 is 14.9 Å². The quantitative estimate of drug-likeness (QED) is 0.322. The Bertz CT molecular complexity index is 154. The second kappa shape index (κ2) is 16.9. The monoisotopic (exact) mass is 369 g/mol. The standard InChI is InChI=1S/2C5H10.C4H9N.2CH3.ClH.Nb/c2*1-2-4-5-3-1;1-4(2,3)5;;;;/h2*1-5H2;1-3H3;2*1H3;1H;/q;;;2*-1;;+1/p-1. The van der Waals surface area contributed by atoms with Gasteiger partial charge >= 0.3 is 57.3 Å². The van der Waals surface area contributed by atoms with Crippen molar-refractivity contribution in [2.75, 3.05) is 0 Å². The summed E-state index contributed by atoms with van der Waals surface area (Å²) in [6.07, 6.45) is 15.0. The first-order valence-electron chi connectivity index (χ1n) is 7.09. The van der Waals surface area contributed by atoms with Gasteiger partial charge in [0.25, 0.3) is 0 Å². The topological polar surface area (TPSA) is 12.4 Å². The number of rotatable bonds is 0. The molecule has 2 rings (SSSR count). The van der Waals surface area contributed by atoms with E-state index in [4.69, 9.17) is 9.19 Å². The zero-order valence-corrected chi connectivity index (χ0v) is 16.8. The van der Waals surface area contributed by atoms with Crippen molar-refractivity contribution in [3.05, 3.63) is 14.9 Å². The van der Waals surface area contributed by atoms with Gasteiger partial charge in [0.05, 0.1) is 0 Å². The molecule has 0 aromatic carbocycles. The van der Waals surface area contributed by atoms with E-state index in [0.29, 0.717) is 0 Å². The molecular formula is C16H35ClNNb-2. The van der Waals surface area contributed by atoms with Crippen molar-refractivity contribution in [2.45, 2.75) is 90.5 Å². The molecule has 0 heterocycles. The van der Waals surface area contributed by atoms with E-state index >= 15 is 0 Å². The minimum atomic E-state index is -0.673. The summed E-state index contributed by atoms with van der Waals surface area (Å²) in [5.74, 6) is 0. The number of halogens is 1. The molecule has 2 aliphatic rings. The Labute approximate surface area is 136 Å². The molecule has 2 saturated carbocycles. The van der Waals surface area contributed by atoms with Gasteiger partial charge in [-0.25, -0.2) is 0 Å². The van der Waals surface area contributed by atoms with Crippen molar-refractivity contribution in [1.82, 2.24) is 0 Å². The van der Waals surface area contributed by atoms with E-state index in [2.05, 4.69) is 24.1 Å². The van der Waals surface area contributed by atoms with Gasteiger partial charge in [-0.15, -0.1) is 0 Å².